The lowest BCUT2D eigenvalue weighted by atomic mass is 10.1. The van der Waals surface area contributed by atoms with Gasteiger partial charge in [-0.1, -0.05) is 24.3 Å². The van der Waals surface area contributed by atoms with E-state index in [-0.39, 0.29) is 0 Å². The summed E-state index contributed by atoms with van der Waals surface area (Å²) in [6.45, 7) is 1.28. The number of anilines is 1. The molecule has 0 saturated heterocycles. The largest absolute Gasteiger partial charge is 0.366 e. The first-order chi connectivity index (χ1) is 9.85. The van der Waals surface area contributed by atoms with Crippen molar-refractivity contribution in [2.45, 2.75) is 13.1 Å². The van der Waals surface area contributed by atoms with E-state index < -0.39 is 0 Å². The quantitative estimate of drug-likeness (QED) is 0.755. The van der Waals surface area contributed by atoms with Crippen molar-refractivity contribution in [3.8, 4) is 0 Å². The molecule has 2 aromatic heterocycles. The van der Waals surface area contributed by atoms with Gasteiger partial charge in [-0.05, 0) is 23.3 Å². The Morgan fingerprint density at radius 3 is 2.45 bits per heavy atom. The van der Waals surface area contributed by atoms with Gasteiger partial charge in [-0.25, -0.2) is 9.97 Å². The summed E-state index contributed by atoms with van der Waals surface area (Å²) in [5.41, 5.74) is 9.34. The molecule has 0 spiro atoms. The van der Waals surface area contributed by atoms with Gasteiger partial charge < -0.3 is 11.1 Å². The molecule has 2 heterocycles. The number of pyridine rings is 1. The first-order valence-electron chi connectivity index (χ1n) is 6.45. The molecule has 0 aliphatic rings. The number of nitrogens with two attached hydrogens (primary N) is 1. The second kappa shape index (κ2) is 5.63. The van der Waals surface area contributed by atoms with Gasteiger partial charge in [0, 0.05) is 25.5 Å². The van der Waals surface area contributed by atoms with Crippen LogP contribution in [0.1, 0.15) is 11.1 Å². The molecule has 0 amide bonds. The molecule has 3 N–H and O–H groups in total. The summed E-state index contributed by atoms with van der Waals surface area (Å²) in [5, 5.41) is 3.28. The zero-order valence-corrected chi connectivity index (χ0v) is 11.0. The summed E-state index contributed by atoms with van der Waals surface area (Å²) in [4.78, 5) is 12.8. The van der Waals surface area contributed by atoms with E-state index in [9.17, 15) is 0 Å². The Hall–Kier alpha value is -2.53. The summed E-state index contributed by atoms with van der Waals surface area (Å²) in [6.07, 6.45) is 3.31. The highest BCUT2D eigenvalue weighted by Gasteiger charge is 2.00. The van der Waals surface area contributed by atoms with Gasteiger partial charge in [0.05, 0.1) is 0 Å². The second-order valence-corrected chi connectivity index (χ2v) is 4.47. The fraction of sp³-hybridized carbons (Fsp3) is 0.133. The molecule has 0 saturated carbocycles. The summed E-state index contributed by atoms with van der Waals surface area (Å²) in [6, 6.07) is 12.0. The topological polar surface area (TPSA) is 76.7 Å². The second-order valence-electron chi connectivity index (χ2n) is 4.47. The predicted octanol–water partition coefficient (Wildman–Crippen LogP) is 2.10. The van der Waals surface area contributed by atoms with E-state index in [0.717, 1.165) is 16.9 Å². The van der Waals surface area contributed by atoms with Crippen LogP contribution >= 0.6 is 0 Å². The van der Waals surface area contributed by atoms with Gasteiger partial charge in [0.25, 0.3) is 0 Å². The number of hydrogen-bond donors (Lipinski definition) is 2. The minimum atomic E-state index is 0.568. The number of aromatic nitrogens is 3. The van der Waals surface area contributed by atoms with Crippen molar-refractivity contribution in [2.24, 2.45) is 5.73 Å². The number of hydrogen-bond acceptors (Lipinski definition) is 5. The van der Waals surface area contributed by atoms with Crippen molar-refractivity contribution >= 4 is 17.0 Å². The van der Waals surface area contributed by atoms with E-state index >= 15 is 0 Å². The fourth-order valence-corrected chi connectivity index (χ4v) is 1.94. The van der Waals surface area contributed by atoms with Gasteiger partial charge in [-0.3, -0.25) is 4.98 Å². The molecular weight excluding hydrogens is 250 g/mol. The van der Waals surface area contributed by atoms with Crippen LogP contribution in [-0.2, 0) is 13.1 Å². The van der Waals surface area contributed by atoms with Crippen LogP contribution in [0.15, 0.2) is 48.8 Å². The average Bonchev–Trinajstić information content (AvgIpc) is 2.53. The molecule has 1 aromatic carbocycles. The molecule has 5 heteroatoms. The normalized spacial score (nSPS) is 10.7. The van der Waals surface area contributed by atoms with Crippen LogP contribution in [0.3, 0.4) is 0 Å². The van der Waals surface area contributed by atoms with Crippen molar-refractivity contribution in [1.82, 2.24) is 15.0 Å². The lowest BCUT2D eigenvalue weighted by molar-refractivity contribution is 1.05. The van der Waals surface area contributed by atoms with Gasteiger partial charge >= 0.3 is 0 Å². The van der Waals surface area contributed by atoms with Crippen molar-refractivity contribution in [1.29, 1.82) is 0 Å². The van der Waals surface area contributed by atoms with Crippen LogP contribution in [0.2, 0.25) is 0 Å². The maximum absolute atomic E-state index is 5.58. The van der Waals surface area contributed by atoms with Gasteiger partial charge in [0.1, 0.15) is 11.3 Å². The molecule has 0 fully saturated rings. The average molecular weight is 265 g/mol. The van der Waals surface area contributed by atoms with Crippen LogP contribution in [0.25, 0.3) is 11.2 Å². The number of benzene rings is 1. The van der Waals surface area contributed by atoms with Crippen LogP contribution in [0.5, 0.6) is 0 Å². The number of nitrogens with one attached hydrogen (secondary N) is 1. The van der Waals surface area contributed by atoms with Crippen molar-refractivity contribution in [2.75, 3.05) is 5.32 Å². The Bertz CT molecular complexity index is 709. The van der Waals surface area contributed by atoms with Gasteiger partial charge in [-0.2, -0.15) is 0 Å². The van der Waals surface area contributed by atoms with Crippen molar-refractivity contribution in [3.05, 3.63) is 59.9 Å². The Morgan fingerprint density at radius 1 is 0.900 bits per heavy atom. The third-order valence-electron chi connectivity index (χ3n) is 3.06. The fourth-order valence-electron chi connectivity index (χ4n) is 1.94. The van der Waals surface area contributed by atoms with Crippen LogP contribution in [-0.4, -0.2) is 15.0 Å². The monoisotopic (exact) mass is 265 g/mol. The zero-order valence-electron chi connectivity index (χ0n) is 11.0. The molecule has 20 heavy (non-hydrogen) atoms. The van der Waals surface area contributed by atoms with E-state index in [2.05, 4.69) is 32.4 Å². The van der Waals surface area contributed by atoms with Crippen LogP contribution in [0.4, 0.5) is 5.82 Å². The van der Waals surface area contributed by atoms with Gasteiger partial charge in [0.2, 0.25) is 0 Å². The minimum absolute atomic E-state index is 0.568. The summed E-state index contributed by atoms with van der Waals surface area (Å²) >= 11 is 0. The number of rotatable bonds is 4. The molecule has 0 aliphatic carbocycles. The smallest absolute Gasteiger partial charge is 0.180 e. The highest BCUT2D eigenvalue weighted by atomic mass is 15.0. The molecule has 100 valence electrons. The minimum Gasteiger partial charge on any atom is -0.366 e. The molecule has 3 rings (SSSR count). The summed E-state index contributed by atoms with van der Waals surface area (Å²) < 4.78 is 0. The third-order valence-corrected chi connectivity index (χ3v) is 3.06. The number of fused-ring (bicyclic) bond motifs is 1. The Balaban J connectivity index is 1.72. The molecule has 0 aliphatic heterocycles. The molecular formula is C15H15N5. The standard InChI is InChI=1S/C15H15N5/c16-9-11-1-3-12(4-2-11)10-19-14-6-5-13-15(20-14)18-8-7-17-13/h1-8H,9-10,16H2,(H,18,19,20). The third kappa shape index (κ3) is 2.73. The Kier molecular flexibility index (Phi) is 3.52. The van der Waals surface area contributed by atoms with Gasteiger partial charge in [0.15, 0.2) is 5.65 Å². The highest BCUT2D eigenvalue weighted by Crippen LogP contribution is 2.12. The van der Waals surface area contributed by atoms with Crippen molar-refractivity contribution in [3.63, 3.8) is 0 Å². The Morgan fingerprint density at radius 2 is 1.65 bits per heavy atom. The number of nitrogens with zero attached hydrogens (tertiary/aromatic N) is 3. The molecule has 5 nitrogen and oxygen atoms in total. The van der Waals surface area contributed by atoms with Crippen molar-refractivity contribution < 1.29 is 0 Å². The van der Waals surface area contributed by atoms with Crippen LogP contribution < -0.4 is 11.1 Å². The van der Waals surface area contributed by atoms with E-state index in [1.54, 1.807) is 12.4 Å². The van der Waals surface area contributed by atoms with E-state index in [1.165, 1.54) is 5.56 Å². The van der Waals surface area contributed by atoms with E-state index in [0.29, 0.717) is 18.7 Å². The SMILES string of the molecule is NCc1ccc(CNc2ccc3nccnc3n2)cc1. The maximum atomic E-state index is 5.58. The summed E-state index contributed by atoms with van der Waals surface area (Å²) in [7, 11) is 0. The zero-order chi connectivity index (χ0) is 13.8. The van der Waals surface area contributed by atoms with Gasteiger partial charge in [-0.15, -0.1) is 0 Å². The predicted molar refractivity (Wildman–Crippen MR) is 79.0 cm³/mol. The highest BCUT2D eigenvalue weighted by molar-refractivity contribution is 5.71. The van der Waals surface area contributed by atoms with E-state index in [4.69, 9.17) is 5.73 Å². The Labute approximate surface area is 116 Å². The lowest BCUT2D eigenvalue weighted by Gasteiger charge is -2.07. The van der Waals surface area contributed by atoms with Crippen LogP contribution in [0, 0.1) is 0 Å². The molecule has 0 unspecified atom stereocenters. The lowest BCUT2D eigenvalue weighted by Crippen LogP contribution is -2.02. The van der Waals surface area contributed by atoms with E-state index in [1.807, 2.05) is 24.3 Å². The molecule has 0 radical (unpaired) electrons. The first-order valence-corrected chi connectivity index (χ1v) is 6.45. The molecule has 0 atom stereocenters. The molecule has 3 aromatic rings. The first kappa shape index (κ1) is 12.5. The maximum Gasteiger partial charge on any atom is 0.180 e. The summed E-state index contributed by atoms with van der Waals surface area (Å²) in [5.74, 6) is 0.793. The molecule has 0 bridgehead atoms.